The molecule has 1 unspecified atom stereocenters. The van der Waals surface area contributed by atoms with Crippen LogP contribution in [0.15, 0.2) is 12.3 Å². The van der Waals surface area contributed by atoms with Crippen molar-refractivity contribution >= 4 is 23.2 Å². The maximum absolute atomic E-state index is 9.06. The second-order valence-corrected chi connectivity index (χ2v) is 4.88. The van der Waals surface area contributed by atoms with Gasteiger partial charge in [-0.05, 0) is 30.5 Å². The highest BCUT2D eigenvalue weighted by Crippen LogP contribution is 2.26. The number of aliphatic hydroxyl groups is 1. The summed E-state index contributed by atoms with van der Waals surface area (Å²) >= 11 is 11.9. The number of likely N-dealkylation sites (tertiary alicyclic amines) is 1. The largest absolute Gasteiger partial charge is 0.396 e. The molecule has 1 fully saturated rings. The molecule has 1 aliphatic rings. The lowest BCUT2D eigenvalue weighted by Gasteiger charge is -2.16. The predicted octanol–water partition coefficient (Wildman–Crippen LogP) is 2.20. The molecule has 88 valence electrons. The van der Waals surface area contributed by atoms with Crippen molar-refractivity contribution in [2.75, 3.05) is 19.7 Å². The number of aromatic nitrogens is 1. The molecule has 0 bridgehead atoms. The zero-order valence-corrected chi connectivity index (χ0v) is 10.4. The van der Waals surface area contributed by atoms with Crippen molar-refractivity contribution in [2.45, 2.75) is 13.0 Å². The molecule has 5 heteroatoms. The van der Waals surface area contributed by atoms with E-state index >= 15 is 0 Å². The van der Waals surface area contributed by atoms with Crippen LogP contribution in [0.4, 0.5) is 0 Å². The Labute approximate surface area is 105 Å². The molecule has 0 spiro atoms. The van der Waals surface area contributed by atoms with Crippen LogP contribution in [0.25, 0.3) is 0 Å². The zero-order valence-electron chi connectivity index (χ0n) is 8.87. The lowest BCUT2D eigenvalue weighted by molar-refractivity contribution is 0.220. The Kier molecular flexibility index (Phi) is 4.03. The van der Waals surface area contributed by atoms with Crippen molar-refractivity contribution in [1.82, 2.24) is 9.88 Å². The summed E-state index contributed by atoms with van der Waals surface area (Å²) in [5, 5.41) is 9.96. The smallest absolute Gasteiger partial charge is 0.147 e. The van der Waals surface area contributed by atoms with E-state index in [1.54, 1.807) is 6.20 Å². The SMILES string of the molecule is OCC1CCN(Cc2ccnc(Cl)c2Cl)C1. The number of rotatable bonds is 3. The first kappa shape index (κ1) is 12.1. The molecule has 3 nitrogen and oxygen atoms in total. The third-order valence-corrected chi connectivity index (χ3v) is 3.75. The molecule has 1 atom stereocenters. The predicted molar refractivity (Wildman–Crippen MR) is 64.7 cm³/mol. The minimum absolute atomic E-state index is 0.265. The summed E-state index contributed by atoms with van der Waals surface area (Å²) in [5.41, 5.74) is 1.00. The Morgan fingerprint density at radius 1 is 1.50 bits per heavy atom. The maximum Gasteiger partial charge on any atom is 0.147 e. The molecule has 1 saturated heterocycles. The van der Waals surface area contributed by atoms with Crippen LogP contribution in [0.2, 0.25) is 10.2 Å². The maximum atomic E-state index is 9.06. The molecule has 2 rings (SSSR count). The van der Waals surface area contributed by atoms with Gasteiger partial charge >= 0.3 is 0 Å². The van der Waals surface area contributed by atoms with Crippen LogP contribution in [0.3, 0.4) is 0 Å². The Balaban J connectivity index is 2.02. The van der Waals surface area contributed by atoms with Gasteiger partial charge < -0.3 is 5.11 Å². The van der Waals surface area contributed by atoms with Crippen LogP contribution >= 0.6 is 23.2 Å². The van der Waals surface area contributed by atoms with Gasteiger partial charge in [0, 0.05) is 25.9 Å². The van der Waals surface area contributed by atoms with Gasteiger partial charge in [-0.2, -0.15) is 0 Å². The van der Waals surface area contributed by atoms with Gasteiger partial charge in [0.1, 0.15) is 5.15 Å². The zero-order chi connectivity index (χ0) is 11.5. The van der Waals surface area contributed by atoms with Crippen LogP contribution < -0.4 is 0 Å². The molecule has 0 radical (unpaired) electrons. The fourth-order valence-electron chi connectivity index (χ4n) is 2.02. The van der Waals surface area contributed by atoms with Gasteiger partial charge in [-0.1, -0.05) is 23.2 Å². The molecule has 1 aromatic rings. The molecule has 0 saturated carbocycles. The summed E-state index contributed by atoms with van der Waals surface area (Å²) in [5.74, 6) is 0.399. The fourth-order valence-corrected chi connectivity index (χ4v) is 2.37. The summed E-state index contributed by atoms with van der Waals surface area (Å²) in [6.07, 6.45) is 2.72. The average molecular weight is 261 g/mol. The van der Waals surface area contributed by atoms with Crippen molar-refractivity contribution in [2.24, 2.45) is 5.92 Å². The lowest BCUT2D eigenvalue weighted by atomic mass is 10.1. The van der Waals surface area contributed by atoms with Crippen LogP contribution in [-0.4, -0.2) is 34.7 Å². The Bertz CT molecular complexity index is 373. The van der Waals surface area contributed by atoms with Crippen LogP contribution in [0, 0.1) is 5.92 Å². The molecule has 0 aliphatic carbocycles. The van der Waals surface area contributed by atoms with Gasteiger partial charge in [0.05, 0.1) is 5.02 Å². The van der Waals surface area contributed by atoms with Crippen molar-refractivity contribution < 1.29 is 5.11 Å². The summed E-state index contributed by atoms with van der Waals surface area (Å²) in [6, 6.07) is 1.89. The minimum atomic E-state index is 0.265. The molecule has 1 aliphatic heterocycles. The van der Waals surface area contributed by atoms with Crippen LogP contribution in [0.5, 0.6) is 0 Å². The third kappa shape index (κ3) is 2.66. The second kappa shape index (κ2) is 5.32. The first-order valence-electron chi connectivity index (χ1n) is 5.32. The van der Waals surface area contributed by atoms with E-state index in [4.69, 9.17) is 28.3 Å². The van der Waals surface area contributed by atoms with Gasteiger partial charge in [-0.15, -0.1) is 0 Å². The van der Waals surface area contributed by atoms with Crippen LogP contribution in [-0.2, 0) is 6.54 Å². The van der Waals surface area contributed by atoms with Gasteiger partial charge in [0.15, 0.2) is 0 Å². The Morgan fingerprint density at radius 2 is 2.31 bits per heavy atom. The van der Waals surface area contributed by atoms with E-state index in [9.17, 15) is 0 Å². The van der Waals surface area contributed by atoms with Gasteiger partial charge in [0.25, 0.3) is 0 Å². The summed E-state index contributed by atoms with van der Waals surface area (Å²) in [7, 11) is 0. The van der Waals surface area contributed by atoms with Gasteiger partial charge in [-0.25, -0.2) is 4.98 Å². The van der Waals surface area contributed by atoms with Crippen LogP contribution in [0.1, 0.15) is 12.0 Å². The van der Waals surface area contributed by atoms with E-state index in [0.717, 1.165) is 31.6 Å². The standard InChI is InChI=1S/C11H14Cl2N2O/c12-10-9(1-3-14-11(10)13)6-15-4-2-8(5-15)7-16/h1,3,8,16H,2,4-7H2. The lowest BCUT2D eigenvalue weighted by Crippen LogP contribution is -2.21. The number of nitrogens with zero attached hydrogens (tertiary/aromatic N) is 2. The summed E-state index contributed by atoms with van der Waals surface area (Å²) in [6.45, 7) is 2.97. The Morgan fingerprint density at radius 3 is 3.00 bits per heavy atom. The monoisotopic (exact) mass is 260 g/mol. The molecule has 0 amide bonds. The molecule has 16 heavy (non-hydrogen) atoms. The topological polar surface area (TPSA) is 36.4 Å². The highest BCUT2D eigenvalue weighted by Gasteiger charge is 2.22. The molecule has 1 aromatic heterocycles. The van der Waals surface area contributed by atoms with E-state index < -0.39 is 0 Å². The van der Waals surface area contributed by atoms with Crippen molar-refractivity contribution in [3.8, 4) is 0 Å². The second-order valence-electron chi connectivity index (χ2n) is 4.15. The fraction of sp³-hybridized carbons (Fsp3) is 0.545. The highest BCUT2D eigenvalue weighted by atomic mass is 35.5. The number of halogens is 2. The quantitative estimate of drug-likeness (QED) is 0.847. The van der Waals surface area contributed by atoms with Gasteiger partial charge in [0.2, 0.25) is 0 Å². The number of aliphatic hydroxyl groups excluding tert-OH is 1. The Hall–Kier alpha value is -0.350. The van der Waals surface area contributed by atoms with Crippen molar-refractivity contribution in [1.29, 1.82) is 0 Å². The molecule has 1 N–H and O–H groups in total. The van der Waals surface area contributed by atoms with Crippen molar-refractivity contribution in [3.05, 3.63) is 28.0 Å². The third-order valence-electron chi connectivity index (χ3n) is 2.95. The first-order chi connectivity index (χ1) is 7.70. The molecular formula is C11H14Cl2N2O. The number of hydrogen-bond donors (Lipinski definition) is 1. The molecule has 2 heterocycles. The van der Waals surface area contributed by atoms with E-state index in [2.05, 4.69) is 9.88 Å². The normalized spacial score (nSPS) is 21.6. The highest BCUT2D eigenvalue weighted by molar-refractivity contribution is 6.41. The average Bonchev–Trinajstić information content (AvgIpc) is 2.73. The van der Waals surface area contributed by atoms with E-state index in [-0.39, 0.29) is 6.61 Å². The van der Waals surface area contributed by atoms with E-state index in [0.29, 0.717) is 16.1 Å². The number of pyridine rings is 1. The molecule has 0 aromatic carbocycles. The van der Waals surface area contributed by atoms with Crippen molar-refractivity contribution in [3.63, 3.8) is 0 Å². The number of hydrogen-bond acceptors (Lipinski definition) is 3. The molecular weight excluding hydrogens is 247 g/mol. The minimum Gasteiger partial charge on any atom is -0.396 e. The summed E-state index contributed by atoms with van der Waals surface area (Å²) in [4.78, 5) is 6.20. The van der Waals surface area contributed by atoms with Gasteiger partial charge in [-0.3, -0.25) is 4.90 Å². The summed E-state index contributed by atoms with van der Waals surface area (Å²) < 4.78 is 0. The van der Waals surface area contributed by atoms with E-state index in [1.807, 2.05) is 6.07 Å². The van der Waals surface area contributed by atoms with E-state index in [1.165, 1.54) is 0 Å². The first-order valence-corrected chi connectivity index (χ1v) is 6.08.